The minimum absolute atomic E-state index is 0.00366. The molecule has 3 aromatic rings. The normalized spacial score (nSPS) is 20.0. The van der Waals surface area contributed by atoms with Gasteiger partial charge in [-0.15, -0.1) is 0 Å². The summed E-state index contributed by atoms with van der Waals surface area (Å²) in [6.07, 6.45) is 10.3. The van der Waals surface area contributed by atoms with Crippen LogP contribution in [0.2, 0.25) is 0 Å². The van der Waals surface area contributed by atoms with Crippen LogP contribution in [0, 0.1) is 5.92 Å². The highest BCUT2D eigenvalue weighted by molar-refractivity contribution is 5.57. The van der Waals surface area contributed by atoms with E-state index in [0.717, 1.165) is 57.6 Å². The van der Waals surface area contributed by atoms with Crippen LogP contribution in [-0.4, -0.2) is 55.5 Å². The Kier molecular flexibility index (Phi) is 5.65. The summed E-state index contributed by atoms with van der Waals surface area (Å²) in [7, 11) is 2.01. The zero-order valence-electron chi connectivity index (χ0n) is 17.9. The van der Waals surface area contributed by atoms with Gasteiger partial charge >= 0.3 is 0 Å². The van der Waals surface area contributed by atoms with Crippen LogP contribution in [0.3, 0.4) is 0 Å². The van der Waals surface area contributed by atoms with Crippen LogP contribution in [0.25, 0.3) is 11.3 Å². The molecule has 0 radical (unpaired) electrons. The predicted molar refractivity (Wildman–Crippen MR) is 116 cm³/mol. The number of hydrogen-bond donors (Lipinski definition) is 0. The zero-order valence-corrected chi connectivity index (χ0v) is 17.9. The van der Waals surface area contributed by atoms with Gasteiger partial charge in [-0.25, -0.2) is 4.98 Å². The van der Waals surface area contributed by atoms with Gasteiger partial charge in [0.25, 0.3) is 5.56 Å². The Hall–Kier alpha value is -2.84. The molecular weight excluding hydrogens is 392 g/mol. The van der Waals surface area contributed by atoms with Gasteiger partial charge in [0.2, 0.25) is 0 Å². The molecule has 0 saturated carbocycles. The number of likely N-dealkylation sites (tertiary alicyclic amines) is 1. The van der Waals surface area contributed by atoms with Crippen molar-refractivity contribution < 1.29 is 4.74 Å². The minimum atomic E-state index is 0.00366. The lowest BCUT2D eigenvalue weighted by Crippen LogP contribution is -2.39. The van der Waals surface area contributed by atoms with Crippen molar-refractivity contribution in [2.24, 2.45) is 13.0 Å². The third kappa shape index (κ3) is 4.31. The summed E-state index contributed by atoms with van der Waals surface area (Å²) >= 11 is 0. The van der Waals surface area contributed by atoms with Crippen molar-refractivity contribution in [1.29, 1.82) is 0 Å². The monoisotopic (exact) mass is 420 g/mol. The first-order valence-electron chi connectivity index (χ1n) is 11.0. The summed E-state index contributed by atoms with van der Waals surface area (Å²) in [5.41, 5.74) is 4.15. The summed E-state index contributed by atoms with van der Waals surface area (Å²) in [6, 6.07) is 5.36. The van der Waals surface area contributed by atoms with Crippen molar-refractivity contribution in [1.82, 2.24) is 29.2 Å². The highest BCUT2D eigenvalue weighted by Gasteiger charge is 2.28. The van der Waals surface area contributed by atoms with E-state index in [2.05, 4.69) is 20.0 Å². The molecule has 2 aliphatic rings. The second kappa shape index (κ2) is 8.72. The van der Waals surface area contributed by atoms with E-state index >= 15 is 0 Å². The Bertz CT molecular complexity index is 1080. The quantitative estimate of drug-likeness (QED) is 0.629. The SMILES string of the molecule is Cn1ncc2c1CCOC2CN1CCC(Cn2cnc(-c3ccncc3)cc2=O)CC1. The molecule has 0 aromatic carbocycles. The summed E-state index contributed by atoms with van der Waals surface area (Å²) < 4.78 is 9.78. The lowest BCUT2D eigenvalue weighted by molar-refractivity contribution is 0.00715. The predicted octanol–water partition coefficient (Wildman–Crippen LogP) is 2.06. The van der Waals surface area contributed by atoms with E-state index in [1.165, 1.54) is 11.3 Å². The molecule has 0 N–H and O–H groups in total. The second-order valence-corrected chi connectivity index (χ2v) is 8.52. The summed E-state index contributed by atoms with van der Waals surface area (Å²) in [6.45, 7) is 4.45. The van der Waals surface area contributed by atoms with E-state index in [4.69, 9.17) is 4.74 Å². The molecule has 5 heterocycles. The maximum atomic E-state index is 12.6. The molecule has 1 fully saturated rings. The summed E-state index contributed by atoms with van der Waals surface area (Å²) in [5, 5.41) is 4.41. The average Bonchev–Trinajstić information content (AvgIpc) is 3.19. The number of nitrogens with zero attached hydrogens (tertiary/aromatic N) is 6. The van der Waals surface area contributed by atoms with Gasteiger partial charge in [-0.1, -0.05) is 0 Å². The van der Waals surface area contributed by atoms with Crippen molar-refractivity contribution in [2.75, 3.05) is 26.2 Å². The maximum absolute atomic E-state index is 12.6. The first-order chi connectivity index (χ1) is 15.2. The molecule has 1 saturated heterocycles. The second-order valence-electron chi connectivity index (χ2n) is 8.52. The Morgan fingerprint density at radius 1 is 1.16 bits per heavy atom. The van der Waals surface area contributed by atoms with Crippen LogP contribution in [0.1, 0.15) is 30.2 Å². The van der Waals surface area contributed by atoms with E-state index in [9.17, 15) is 4.79 Å². The van der Waals surface area contributed by atoms with Crippen LogP contribution in [0.5, 0.6) is 0 Å². The van der Waals surface area contributed by atoms with Crippen molar-refractivity contribution >= 4 is 0 Å². The number of pyridine rings is 1. The third-order valence-corrected chi connectivity index (χ3v) is 6.54. The Balaban J connectivity index is 1.17. The molecule has 1 unspecified atom stereocenters. The van der Waals surface area contributed by atoms with Crippen LogP contribution in [0.4, 0.5) is 0 Å². The number of hydrogen-bond acceptors (Lipinski definition) is 6. The molecule has 3 aromatic heterocycles. The molecule has 0 spiro atoms. The molecule has 0 aliphatic carbocycles. The number of piperidine rings is 1. The van der Waals surface area contributed by atoms with Crippen LogP contribution >= 0.6 is 0 Å². The molecule has 31 heavy (non-hydrogen) atoms. The first kappa shape index (κ1) is 20.1. The van der Waals surface area contributed by atoms with Gasteiger partial charge in [-0.05, 0) is 44.0 Å². The first-order valence-corrected chi connectivity index (χ1v) is 11.0. The van der Waals surface area contributed by atoms with Gasteiger partial charge in [0, 0.05) is 61.8 Å². The summed E-state index contributed by atoms with van der Waals surface area (Å²) in [5.74, 6) is 0.490. The largest absolute Gasteiger partial charge is 0.372 e. The number of ether oxygens (including phenoxy) is 1. The molecule has 8 nitrogen and oxygen atoms in total. The fourth-order valence-electron chi connectivity index (χ4n) is 4.70. The molecule has 5 rings (SSSR count). The lowest BCUT2D eigenvalue weighted by Gasteiger charge is -2.35. The smallest absolute Gasteiger partial charge is 0.253 e. The molecule has 162 valence electrons. The van der Waals surface area contributed by atoms with Crippen molar-refractivity contribution in [3.05, 3.63) is 64.7 Å². The van der Waals surface area contributed by atoms with E-state index < -0.39 is 0 Å². The van der Waals surface area contributed by atoms with E-state index in [1.807, 2.05) is 30.1 Å². The van der Waals surface area contributed by atoms with Crippen molar-refractivity contribution in [2.45, 2.75) is 31.9 Å². The molecule has 2 aliphatic heterocycles. The fraction of sp³-hybridized carbons (Fsp3) is 0.478. The highest BCUT2D eigenvalue weighted by Crippen LogP contribution is 2.29. The Labute approximate surface area is 181 Å². The topological polar surface area (TPSA) is 78.1 Å². The van der Waals surface area contributed by atoms with E-state index in [0.29, 0.717) is 11.6 Å². The van der Waals surface area contributed by atoms with Gasteiger partial charge in [-0.2, -0.15) is 5.10 Å². The van der Waals surface area contributed by atoms with Crippen LogP contribution < -0.4 is 5.56 Å². The molecule has 0 amide bonds. The van der Waals surface area contributed by atoms with Crippen LogP contribution in [0.15, 0.2) is 47.9 Å². The third-order valence-electron chi connectivity index (χ3n) is 6.54. The summed E-state index contributed by atoms with van der Waals surface area (Å²) in [4.78, 5) is 23.6. The van der Waals surface area contributed by atoms with Crippen LogP contribution in [-0.2, 0) is 24.8 Å². The minimum Gasteiger partial charge on any atom is -0.372 e. The highest BCUT2D eigenvalue weighted by atomic mass is 16.5. The van der Waals surface area contributed by atoms with Gasteiger partial charge in [-0.3, -0.25) is 19.0 Å². The fourth-order valence-corrected chi connectivity index (χ4v) is 4.70. The van der Waals surface area contributed by atoms with Gasteiger partial charge in [0.15, 0.2) is 0 Å². The van der Waals surface area contributed by atoms with Crippen molar-refractivity contribution in [3.8, 4) is 11.3 Å². The number of rotatable bonds is 5. The van der Waals surface area contributed by atoms with E-state index in [-0.39, 0.29) is 11.7 Å². The Morgan fingerprint density at radius 3 is 2.74 bits per heavy atom. The average molecular weight is 421 g/mol. The number of aryl methyl sites for hydroxylation is 1. The Morgan fingerprint density at radius 2 is 1.97 bits per heavy atom. The van der Waals surface area contributed by atoms with Gasteiger partial charge in [0.1, 0.15) is 0 Å². The van der Waals surface area contributed by atoms with E-state index in [1.54, 1.807) is 29.4 Å². The lowest BCUT2D eigenvalue weighted by atomic mass is 9.95. The molecule has 1 atom stereocenters. The van der Waals surface area contributed by atoms with Crippen molar-refractivity contribution in [3.63, 3.8) is 0 Å². The standard InChI is InChI=1S/C23H28N6O2/c1-27-21-6-11-31-22(19(21)13-26-27)15-28-9-4-17(5-10-28)14-29-16-25-20(12-23(29)30)18-2-7-24-8-3-18/h2-3,7-8,12-13,16-17,22H,4-6,9-11,14-15H2,1H3. The number of aromatic nitrogens is 5. The maximum Gasteiger partial charge on any atom is 0.253 e. The molecular formula is C23H28N6O2. The van der Waals surface area contributed by atoms with Gasteiger partial charge in [0.05, 0.1) is 30.9 Å². The zero-order chi connectivity index (χ0) is 21.2. The van der Waals surface area contributed by atoms with Gasteiger partial charge < -0.3 is 9.64 Å². The molecule has 0 bridgehead atoms. The number of fused-ring (bicyclic) bond motifs is 1. The molecule has 8 heteroatoms.